The summed E-state index contributed by atoms with van der Waals surface area (Å²) in [5.74, 6) is -0.0131. The minimum atomic E-state index is -0.395. The fraction of sp³-hybridized carbons (Fsp3) is 0.111. The first-order valence-electron chi connectivity index (χ1n) is 4.18. The summed E-state index contributed by atoms with van der Waals surface area (Å²) in [7, 11) is 0. The van der Waals surface area contributed by atoms with Crippen LogP contribution in [-0.2, 0) is 0 Å². The number of nitrogens with zero attached hydrogens (tertiary/aromatic N) is 2. The Balaban J connectivity index is 2.24. The number of anilines is 1. The minimum absolute atomic E-state index is 0.239. The first-order valence-corrected chi connectivity index (χ1v) is 5.00. The van der Waals surface area contributed by atoms with E-state index in [0.29, 0.717) is 10.9 Å². The molecule has 1 heterocycles. The van der Waals surface area contributed by atoms with Crippen LogP contribution < -0.4 is 10.5 Å². The Morgan fingerprint density at radius 1 is 1.40 bits per heavy atom. The van der Waals surface area contributed by atoms with Crippen LogP contribution in [-0.4, -0.2) is 10.2 Å². The van der Waals surface area contributed by atoms with Crippen molar-refractivity contribution < 1.29 is 9.13 Å². The van der Waals surface area contributed by atoms with E-state index >= 15 is 0 Å². The summed E-state index contributed by atoms with van der Waals surface area (Å²) < 4.78 is 18.1. The molecular weight excluding hydrogens is 217 g/mol. The molecule has 0 aliphatic rings. The van der Waals surface area contributed by atoms with Crippen LogP contribution in [0.25, 0.3) is 0 Å². The second kappa shape index (κ2) is 3.82. The van der Waals surface area contributed by atoms with Gasteiger partial charge in [0.05, 0.1) is 5.69 Å². The van der Waals surface area contributed by atoms with E-state index in [1.165, 1.54) is 29.5 Å². The van der Waals surface area contributed by atoms with Gasteiger partial charge in [-0.1, -0.05) is 16.4 Å². The lowest BCUT2D eigenvalue weighted by atomic mass is 10.3. The summed E-state index contributed by atoms with van der Waals surface area (Å²) in [6, 6.07) is 3.93. The maximum Gasteiger partial charge on any atom is 0.299 e. The number of nitrogens with two attached hydrogens (primary N) is 1. The van der Waals surface area contributed by atoms with Crippen LogP contribution in [0, 0.1) is 12.7 Å². The number of benzene rings is 1. The van der Waals surface area contributed by atoms with Crippen molar-refractivity contribution in [1.82, 2.24) is 10.2 Å². The number of ether oxygens (including phenoxy) is 1. The molecule has 1 aromatic carbocycles. The summed E-state index contributed by atoms with van der Waals surface area (Å²) in [5, 5.41) is 8.75. The normalized spacial score (nSPS) is 10.3. The third-order valence-corrected chi connectivity index (χ3v) is 2.39. The van der Waals surface area contributed by atoms with Gasteiger partial charge in [0, 0.05) is 6.07 Å². The third kappa shape index (κ3) is 2.21. The zero-order valence-electron chi connectivity index (χ0n) is 7.90. The average Bonchev–Trinajstić information content (AvgIpc) is 2.56. The van der Waals surface area contributed by atoms with E-state index in [1.807, 2.05) is 6.92 Å². The lowest BCUT2D eigenvalue weighted by Gasteiger charge is -2.03. The molecule has 0 amide bonds. The Hall–Kier alpha value is -1.69. The summed E-state index contributed by atoms with van der Waals surface area (Å²) in [6.07, 6.45) is 0. The molecule has 0 saturated carbocycles. The number of aryl methyl sites for hydroxylation is 1. The predicted molar refractivity (Wildman–Crippen MR) is 55.5 cm³/mol. The fourth-order valence-electron chi connectivity index (χ4n) is 1.03. The maximum atomic E-state index is 12.7. The van der Waals surface area contributed by atoms with Crippen molar-refractivity contribution in [3.63, 3.8) is 0 Å². The summed E-state index contributed by atoms with van der Waals surface area (Å²) in [6.45, 7) is 1.82. The molecule has 2 N–H and O–H groups in total. The minimum Gasteiger partial charge on any atom is -0.428 e. The molecule has 2 rings (SSSR count). The summed E-state index contributed by atoms with van der Waals surface area (Å²) >= 11 is 1.30. The smallest absolute Gasteiger partial charge is 0.299 e. The number of hydrogen-bond donors (Lipinski definition) is 1. The van der Waals surface area contributed by atoms with Crippen molar-refractivity contribution in [3.8, 4) is 10.9 Å². The highest BCUT2D eigenvalue weighted by atomic mass is 32.1. The SMILES string of the molecule is Cc1nnc(Oc2ccc(F)cc2N)s1. The van der Waals surface area contributed by atoms with E-state index < -0.39 is 5.82 Å². The zero-order chi connectivity index (χ0) is 10.8. The van der Waals surface area contributed by atoms with Crippen LogP contribution in [0.3, 0.4) is 0 Å². The van der Waals surface area contributed by atoms with Crippen LogP contribution in [0.2, 0.25) is 0 Å². The van der Waals surface area contributed by atoms with Crippen LogP contribution in [0.15, 0.2) is 18.2 Å². The van der Waals surface area contributed by atoms with Crippen molar-refractivity contribution in [2.75, 3.05) is 5.73 Å². The number of aromatic nitrogens is 2. The van der Waals surface area contributed by atoms with E-state index in [2.05, 4.69) is 10.2 Å². The van der Waals surface area contributed by atoms with Crippen LogP contribution in [0.1, 0.15) is 5.01 Å². The molecule has 0 fully saturated rings. The number of halogens is 1. The molecule has 0 spiro atoms. The van der Waals surface area contributed by atoms with E-state index in [-0.39, 0.29) is 5.69 Å². The predicted octanol–water partition coefficient (Wildman–Crippen LogP) is 2.36. The highest BCUT2D eigenvalue weighted by Gasteiger charge is 2.06. The molecule has 15 heavy (non-hydrogen) atoms. The Morgan fingerprint density at radius 3 is 2.80 bits per heavy atom. The molecule has 0 saturated heterocycles. The van der Waals surface area contributed by atoms with Crippen LogP contribution in [0.5, 0.6) is 10.9 Å². The van der Waals surface area contributed by atoms with Gasteiger partial charge in [-0.3, -0.25) is 0 Å². The summed E-state index contributed by atoms with van der Waals surface area (Å²) in [5.41, 5.74) is 5.81. The highest BCUT2D eigenvalue weighted by Crippen LogP contribution is 2.29. The fourth-order valence-corrected chi connectivity index (χ4v) is 1.57. The third-order valence-electron chi connectivity index (χ3n) is 1.68. The molecule has 0 atom stereocenters. The monoisotopic (exact) mass is 225 g/mol. The van der Waals surface area contributed by atoms with Crippen LogP contribution in [0.4, 0.5) is 10.1 Å². The quantitative estimate of drug-likeness (QED) is 0.797. The van der Waals surface area contributed by atoms with Crippen molar-refractivity contribution in [3.05, 3.63) is 29.0 Å². The van der Waals surface area contributed by atoms with Gasteiger partial charge in [-0.15, -0.1) is 5.10 Å². The molecule has 6 heteroatoms. The van der Waals surface area contributed by atoms with Gasteiger partial charge in [-0.2, -0.15) is 0 Å². The molecule has 4 nitrogen and oxygen atoms in total. The first kappa shape index (κ1) is 9.85. The first-order chi connectivity index (χ1) is 7.15. The van der Waals surface area contributed by atoms with E-state index in [0.717, 1.165) is 5.01 Å². The Labute approximate surface area is 89.5 Å². The van der Waals surface area contributed by atoms with E-state index in [4.69, 9.17) is 10.5 Å². The van der Waals surface area contributed by atoms with Gasteiger partial charge in [-0.25, -0.2) is 4.39 Å². The number of nitrogen functional groups attached to an aromatic ring is 1. The molecule has 0 aliphatic heterocycles. The van der Waals surface area contributed by atoms with Gasteiger partial charge >= 0.3 is 0 Å². The molecule has 0 radical (unpaired) electrons. The number of hydrogen-bond acceptors (Lipinski definition) is 5. The molecule has 78 valence electrons. The molecule has 0 unspecified atom stereocenters. The summed E-state index contributed by atoms with van der Waals surface area (Å²) in [4.78, 5) is 0. The molecule has 0 aliphatic carbocycles. The maximum absolute atomic E-state index is 12.7. The Morgan fingerprint density at radius 2 is 2.20 bits per heavy atom. The van der Waals surface area contributed by atoms with Crippen LogP contribution >= 0.6 is 11.3 Å². The standard InChI is InChI=1S/C9H8FN3OS/c1-5-12-13-9(15-5)14-8-3-2-6(10)4-7(8)11/h2-4H,11H2,1H3. The van der Waals surface area contributed by atoms with Crippen molar-refractivity contribution in [2.24, 2.45) is 0 Å². The van der Waals surface area contributed by atoms with Gasteiger partial charge in [-0.05, 0) is 19.1 Å². The van der Waals surface area contributed by atoms with E-state index in [9.17, 15) is 4.39 Å². The number of rotatable bonds is 2. The molecule has 0 bridgehead atoms. The van der Waals surface area contributed by atoms with Crippen molar-refractivity contribution in [1.29, 1.82) is 0 Å². The second-order valence-corrected chi connectivity index (χ2v) is 4.02. The molecule has 1 aromatic heterocycles. The largest absolute Gasteiger partial charge is 0.428 e. The lowest BCUT2D eigenvalue weighted by Crippen LogP contribution is -1.92. The van der Waals surface area contributed by atoms with Crippen molar-refractivity contribution in [2.45, 2.75) is 6.92 Å². The van der Waals surface area contributed by atoms with Gasteiger partial charge < -0.3 is 10.5 Å². The van der Waals surface area contributed by atoms with E-state index in [1.54, 1.807) is 0 Å². The zero-order valence-corrected chi connectivity index (χ0v) is 8.71. The van der Waals surface area contributed by atoms with Gasteiger partial charge in [0.2, 0.25) is 0 Å². The molecule has 2 aromatic rings. The Bertz CT molecular complexity index is 486. The lowest BCUT2D eigenvalue weighted by molar-refractivity contribution is 0.473. The average molecular weight is 225 g/mol. The van der Waals surface area contributed by atoms with Crippen molar-refractivity contribution >= 4 is 17.0 Å². The second-order valence-electron chi connectivity index (χ2n) is 2.87. The highest BCUT2D eigenvalue weighted by molar-refractivity contribution is 7.13. The Kier molecular flexibility index (Phi) is 2.51. The molecular formula is C9H8FN3OS. The topological polar surface area (TPSA) is 61.0 Å². The van der Waals surface area contributed by atoms with Gasteiger partial charge in [0.15, 0.2) is 5.75 Å². The van der Waals surface area contributed by atoms with Gasteiger partial charge in [0.1, 0.15) is 10.8 Å². The van der Waals surface area contributed by atoms with Gasteiger partial charge in [0.25, 0.3) is 5.19 Å².